The number of fused-ring (bicyclic) bond motifs is 6. The molecule has 0 spiro atoms. The number of hydrogen-bond acceptors (Lipinski definition) is 5. The molecule has 0 N–H and O–H groups in total. The zero-order valence-electron chi connectivity index (χ0n) is 33.4. The molecule has 0 aliphatic heterocycles. The molecule has 4 heterocycles. The molecule has 0 unspecified atom stereocenters. The Balaban J connectivity index is 0.904. The summed E-state index contributed by atoms with van der Waals surface area (Å²) in [4.78, 5) is 15.8. The van der Waals surface area contributed by atoms with Gasteiger partial charge in [-0.1, -0.05) is 170 Å². The van der Waals surface area contributed by atoms with Crippen LogP contribution in [0.3, 0.4) is 0 Å². The number of thiophene rings is 2. The van der Waals surface area contributed by atoms with E-state index >= 15 is 0 Å². The summed E-state index contributed by atoms with van der Waals surface area (Å²) in [7, 11) is 0. The molecule has 0 radical (unpaired) electrons. The maximum absolute atomic E-state index is 5.34. The number of hydrogen-bond donors (Lipinski definition) is 0. The minimum atomic E-state index is 0.725. The Kier molecular flexibility index (Phi) is 8.87. The van der Waals surface area contributed by atoms with Crippen LogP contribution in [0.1, 0.15) is 0 Å². The molecule has 0 amide bonds. The summed E-state index contributed by atoms with van der Waals surface area (Å²) >= 11 is 3.58. The molecule has 0 saturated heterocycles. The molecule has 0 aliphatic rings. The topological polar surface area (TPSA) is 38.7 Å². The fourth-order valence-corrected chi connectivity index (χ4v) is 11.0. The number of nitrogens with zero attached hydrogens (tertiary/aromatic N) is 3. The summed E-state index contributed by atoms with van der Waals surface area (Å²) in [5.74, 6) is 0.725. The zero-order chi connectivity index (χ0) is 41.0. The maximum Gasteiger partial charge on any atom is 0.160 e. The van der Waals surface area contributed by atoms with Crippen LogP contribution in [0.5, 0.6) is 0 Å². The van der Waals surface area contributed by atoms with Gasteiger partial charge in [0, 0.05) is 47.8 Å². The molecule has 0 atom stereocenters. The fourth-order valence-electron chi connectivity index (χ4n) is 8.63. The lowest BCUT2D eigenvalue weighted by molar-refractivity contribution is 1.24. The van der Waals surface area contributed by atoms with Crippen molar-refractivity contribution >= 4 is 63.1 Å². The van der Waals surface area contributed by atoms with Gasteiger partial charge in [0.2, 0.25) is 0 Å². The van der Waals surface area contributed by atoms with E-state index in [0.29, 0.717) is 0 Å². The lowest BCUT2D eigenvalue weighted by Gasteiger charge is -2.12. The maximum atomic E-state index is 5.34. The van der Waals surface area contributed by atoms with Crippen molar-refractivity contribution in [1.82, 2.24) is 15.0 Å². The first-order valence-corrected chi connectivity index (χ1v) is 22.4. The predicted octanol–water partition coefficient (Wildman–Crippen LogP) is 16.3. The van der Waals surface area contributed by atoms with E-state index in [1.54, 1.807) is 11.3 Å². The largest absolute Gasteiger partial charge is 0.246 e. The van der Waals surface area contributed by atoms with Crippen molar-refractivity contribution < 1.29 is 0 Å². The molecule has 0 aliphatic carbocycles. The molecule has 0 fully saturated rings. The smallest absolute Gasteiger partial charge is 0.160 e. The Morgan fingerprint density at radius 2 is 0.710 bits per heavy atom. The number of rotatable bonds is 7. The second-order valence-electron chi connectivity index (χ2n) is 15.6. The summed E-state index contributed by atoms with van der Waals surface area (Å²) in [5.41, 5.74) is 15.1. The molecular weight excluding hydrogens is 791 g/mol. The van der Waals surface area contributed by atoms with E-state index in [9.17, 15) is 0 Å². The van der Waals surface area contributed by atoms with Crippen molar-refractivity contribution in [3.8, 4) is 78.5 Å². The third-order valence-corrected chi connectivity index (χ3v) is 14.0. The lowest BCUT2D eigenvalue weighted by atomic mass is 9.95. The van der Waals surface area contributed by atoms with Gasteiger partial charge in [0.15, 0.2) is 5.82 Å². The molecule has 4 aromatic heterocycles. The van der Waals surface area contributed by atoms with Crippen LogP contribution in [0, 0.1) is 0 Å². The molecule has 8 aromatic carbocycles. The molecule has 0 saturated carbocycles. The van der Waals surface area contributed by atoms with Gasteiger partial charge in [-0.3, -0.25) is 0 Å². The highest BCUT2D eigenvalue weighted by Gasteiger charge is 2.18. The quantitative estimate of drug-likeness (QED) is 0.161. The second-order valence-corrected chi connectivity index (χ2v) is 17.7. The van der Waals surface area contributed by atoms with Crippen molar-refractivity contribution in [1.29, 1.82) is 0 Å². The molecule has 62 heavy (non-hydrogen) atoms. The average molecular weight is 826 g/mol. The molecule has 3 nitrogen and oxygen atoms in total. The Hall–Kier alpha value is -7.57. The van der Waals surface area contributed by atoms with E-state index in [4.69, 9.17) is 15.0 Å². The van der Waals surface area contributed by atoms with E-state index < -0.39 is 0 Å². The van der Waals surface area contributed by atoms with E-state index in [1.165, 1.54) is 24.9 Å². The fraction of sp³-hybridized carbons (Fsp3) is 0. The Labute approximate surface area is 366 Å². The van der Waals surface area contributed by atoms with Gasteiger partial charge in [-0.15, -0.1) is 22.7 Å². The number of aromatic nitrogens is 3. The highest BCUT2D eigenvalue weighted by Crippen LogP contribution is 2.43. The molecular formula is C57H35N3S2. The van der Waals surface area contributed by atoms with Gasteiger partial charge >= 0.3 is 0 Å². The summed E-state index contributed by atoms with van der Waals surface area (Å²) in [6, 6.07) is 75.6. The van der Waals surface area contributed by atoms with Crippen LogP contribution < -0.4 is 0 Å². The van der Waals surface area contributed by atoms with Gasteiger partial charge in [-0.2, -0.15) is 0 Å². The van der Waals surface area contributed by atoms with Gasteiger partial charge in [0.1, 0.15) is 0 Å². The van der Waals surface area contributed by atoms with Gasteiger partial charge in [-0.05, 0) is 75.8 Å². The third kappa shape index (κ3) is 6.47. The first kappa shape index (κ1) is 36.3. The van der Waals surface area contributed by atoms with Crippen LogP contribution >= 0.6 is 22.7 Å². The van der Waals surface area contributed by atoms with Crippen molar-refractivity contribution in [2.24, 2.45) is 0 Å². The van der Waals surface area contributed by atoms with Crippen molar-refractivity contribution in [2.75, 3.05) is 0 Å². The van der Waals surface area contributed by atoms with Crippen LogP contribution in [0.4, 0.5) is 0 Å². The van der Waals surface area contributed by atoms with E-state index in [1.807, 2.05) is 17.4 Å². The van der Waals surface area contributed by atoms with E-state index in [2.05, 4.69) is 206 Å². The monoisotopic (exact) mass is 825 g/mol. The summed E-state index contributed by atoms with van der Waals surface area (Å²) in [6.45, 7) is 0. The normalized spacial score (nSPS) is 11.5. The predicted molar refractivity (Wildman–Crippen MR) is 264 cm³/mol. The van der Waals surface area contributed by atoms with Gasteiger partial charge < -0.3 is 0 Å². The van der Waals surface area contributed by atoms with Crippen molar-refractivity contribution in [2.45, 2.75) is 0 Å². The first-order valence-electron chi connectivity index (χ1n) is 20.7. The van der Waals surface area contributed by atoms with Crippen molar-refractivity contribution in [3.05, 3.63) is 212 Å². The van der Waals surface area contributed by atoms with Crippen molar-refractivity contribution in [3.63, 3.8) is 0 Å². The molecule has 5 heteroatoms. The van der Waals surface area contributed by atoms with Gasteiger partial charge in [-0.25, -0.2) is 15.0 Å². The Bertz CT molecular complexity index is 3640. The van der Waals surface area contributed by atoms with Crippen LogP contribution in [-0.4, -0.2) is 15.0 Å². The van der Waals surface area contributed by atoms with Crippen LogP contribution in [0.2, 0.25) is 0 Å². The Morgan fingerprint density at radius 1 is 0.274 bits per heavy atom. The molecule has 0 bridgehead atoms. The molecule has 290 valence electrons. The number of benzene rings is 8. The lowest BCUT2D eigenvalue weighted by Crippen LogP contribution is -1.94. The standard InChI is InChI=1S/C57H35N3S2/c1-3-15-36(16-4-1)49-35-48-46-27-7-9-29-50(46)61-55(48)53(58-49)44-25-13-23-42(33-44)40-21-11-19-38(31-40)39-20-12-22-41(32-39)43-24-14-26-45(34-43)57-59-52(37-17-5-2-6-18-37)56-54(60-57)47-28-8-10-30-51(47)62-56/h1-35H. The highest BCUT2D eigenvalue weighted by molar-refractivity contribution is 7.26. The Morgan fingerprint density at radius 3 is 1.34 bits per heavy atom. The summed E-state index contributed by atoms with van der Waals surface area (Å²) in [6.07, 6.45) is 0. The SMILES string of the molecule is c1ccc(-c2cc3c(sc4ccccc43)c(-c3cccc(-c4cccc(-c5cccc(-c6cccc(-c7nc(-c8ccccc8)c8sc9ccccc9c8n7)c6)c5)c4)c3)n2)cc1. The van der Waals surface area contributed by atoms with Gasteiger partial charge in [0.05, 0.1) is 32.0 Å². The van der Waals surface area contributed by atoms with Crippen LogP contribution in [0.25, 0.3) is 119 Å². The average Bonchev–Trinajstić information content (AvgIpc) is 3.93. The number of pyridine rings is 1. The van der Waals surface area contributed by atoms with Crippen LogP contribution in [-0.2, 0) is 0 Å². The van der Waals surface area contributed by atoms with E-state index in [0.717, 1.165) is 94.1 Å². The van der Waals surface area contributed by atoms with E-state index in [-0.39, 0.29) is 0 Å². The summed E-state index contributed by atoms with van der Waals surface area (Å²) in [5, 5.41) is 3.67. The first-order chi connectivity index (χ1) is 30.7. The van der Waals surface area contributed by atoms with Gasteiger partial charge in [0.25, 0.3) is 0 Å². The minimum Gasteiger partial charge on any atom is -0.246 e. The highest BCUT2D eigenvalue weighted by atomic mass is 32.1. The van der Waals surface area contributed by atoms with Crippen LogP contribution in [0.15, 0.2) is 212 Å². The summed E-state index contributed by atoms with van der Waals surface area (Å²) < 4.78 is 4.81. The second kappa shape index (κ2) is 15.2. The molecule has 12 rings (SSSR count). The third-order valence-electron chi connectivity index (χ3n) is 11.7. The molecule has 12 aromatic rings. The minimum absolute atomic E-state index is 0.725. The zero-order valence-corrected chi connectivity index (χ0v) is 35.0.